The van der Waals surface area contributed by atoms with E-state index in [9.17, 15) is 4.79 Å². The van der Waals surface area contributed by atoms with Crippen LogP contribution in [0.25, 0.3) is 0 Å². The molecule has 110 valence electrons. The highest BCUT2D eigenvalue weighted by Crippen LogP contribution is 2.19. The monoisotopic (exact) mass is 302 g/mol. The Labute approximate surface area is 130 Å². The summed E-state index contributed by atoms with van der Waals surface area (Å²) in [5.41, 5.74) is 2.63. The Morgan fingerprint density at radius 3 is 2.38 bits per heavy atom. The molecule has 2 rings (SSSR count). The second-order valence-corrected chi connectivity index (χ2v) is 5.78. The first-order valence-electron chi connectivity index (χ1n) is 7.00. The van der Waals surface area contributed by atoms with Gasteiger partial charge in [-0.1, -0.05) is 23.7 Å². The fourth-order valence-corrected chi connectivity index (χ4v) is 2.23. The van der Waals surface area contributed by atoms with Crippen LogP contribution in [0.3, 0.4) is 0 Å². The summed E-state index contributed by atoms with van der Waals surface area (Å²) in [6, 6.07) is 13.0. The molecule has 0 saturated carbocycles. The van der Waals surface area contributed by atoms with Crippen molar-refractivity contribution in [3.8, 4) is 5.75 Å². The van der Waals surface area contributed by atoms with Gasteiger partial charge >= 0.3 is 0 Å². The lowest BCUT2D eigenvalue weighted by atomic mass is 10.0. The molecule has 0 spiro atoms. The zero-order valence-corrected chi connectivity index (χ0v) is 13.3. The first-order valence-corrected chi connectivity index (χ1v) is 7.38. The van der Waals surface area contributed by atoms with Gasteiger partial charge in [-0.2, -0.15) is 0 Å². The lowest BCUT2D eigenvalue weighted by Gasteiger charge is -2.10. The van der Waals surface area contributed by atoms with E-state index in [0.29, 0.717) is 17.0 Å². The van der Waals surface area contributed by atoms with Crippen LogP contribution in [0, 0.1) is 6.92 Å². The topological polar surface area (TPSA) is 26.3 Å². The van der Waals surface area contributed by atoms with Gasteiger partial charge in [-0.25, -0.2) is 0 Å². The number of rotatable bonds is 5. The van der Waals surface area contributed by atoms with Gasteiger partial charge in [0, 0.05) is 17.0 Å². The summed E-state index contributed by atoms with van der Waals surface area (Å²) in [7, 11) is 0. The van der Waals surface area contributed by atoms with E-state index in [1.54, 1.807) is 12.1 Å². The Kier molecular flexibility index (Phi) is 5.03. The minimum absolute atomic E-state index is 0.0750. The number of hydrogen-bond donors (Lipinski definition) is 0. The number of Topliss-reactive ketones (excluding diaryl/α,β-unsaturated/α-hetero) is 1. The number of ketones is 1. The highest BCUT2D eigenvalue weighted by Gasteiger charge is 2.09. The summed E-state index contributed by atoms with van der Waals surface area (Å²) in [5, 5.41) is 0.695. The highest BCUT2D eigenvalue weighted by molar-refractivity contribution is 6.31. The lowest BCUT2D eigenvalue weighted by Crippen LogP contribution is -2.07. The van der Waals surface area contributed by atoms with Crippen molar-refractivity contribution in [3.63, 3.8) is 0 Å². The summed E-state index contributed by atoms with van der Waals surface area (Å²) in [4.78, 5) is 12.3. The molecule has 0 saturated heterocycles. The second-order valence-electron chi connectivity index (χ2n) is 5.37. The molecule has 0 aliphatic carbocycles. The van der Waals surface area contributed by atoms with Crippen LogP contribution in [0.1, 0.15) is 35.3 Å². The van der Waals surface area contributed by atoms with Crippen molar-refractivity contribution in [2.45, 2.75) is 33.3 Å². The molecule has 0 bridgehead atoms. The number of ether oxygens (including phenoxy) is 1. The fourth-order valence-electron chi connectivity index (χ4n) is 2.03. The molecule has 0 aliphatic heterocycles. The molecule has 0 fully saturated rings. The molecule has 0 aromatic heterocycles. The van der Waals surface area contributed by atoms with Gasteiger partial charge < -0.3 is 4.74 Å². The summed E-state index contributed by atoms with van der Waals surface area (Å²) in [6.45, 7) is 5.89. The van der Waals surface area contributed by atoms with Gasteiger partial charge in [0.2, 0.25) is 0 Å². The van der Waals surface area contributed by atoms with E-state index in [1.165, 1.54) is 0 Å². The number of carbonyl (C=O) groups is 1. The zero-order valence-electron chi connectivity index (χ0n) is 12.5. The molecular formula is C18H19ClO2. The number of aryl methyl sites for hydroxylation is 1. The lowest BCUT2D eigenvalue weighted by molar-refractivity contribution is 0.0993. The van der Waals surface area contributed by atoms with Crippen molar-refractivity contribution in [1.82, 2.24) is 0 Å². The van der Waals surface area contributed by atoms with Gasteiger partial charge in [-0.15, -0.1) is 0 Å². The molecule has 3 heteroatoms. The summed E-state index contributed by atoms with van der Waals surface area (Å²) in [5.74, 6) is 0.853. The highest BCUT2D eigenvalue weighted by atomic mass is 35.5. The normalized spacial score (nSPS) is 10.7. The first-order chi connectivity index (χ1) is 9.95. The van der Waals surface area contributed by atoms with Crippen LogP contribution < -0.4 is 4.74 Å². The van der Waals surface area contributed by atoms with Gasteiger partial charge in [-0.05, 0) is 62.2 Å². The van der Waals surface area contributed by atoms with E-state index in [0.717, 1.165) is 16.9 Å². The van der Waals surface area contributed by atoms with E-state index < -0.39 is 0 Å². The smallest absolute Gasteiger partial charge is 0.167 e. The van der Waals surface area contributed by atoms with Crippen LogP contribution in [0.15, 0.2) is 42.5 Å². The van der Waals surface area contributed by atoms with E-state index in [4.69, 9.17) is 16.3 Å². The quantitative estimate of drug-likeness (QED) is 0.737. The molecule has 2 aromatic rings. The largest absolute Gasteiger partial charge is 0.491 e. The third kappa shape index (κ3) is 4.33. The van der Waals surface area contributed by atoms with Gasteiger partial charge in [0.1, 0.15) is 5.75 Å². The van der Waals surface area contributed by atoms with Crippen molar-refractivity contribution < 1.29 is 9.53 Å². The van der Waals surface area contributed by atoms with E-state index in [2.05, 4.69) is 0 Å². The Hall–Kier alpha value is -1.80. The van der Waals surface area contributed by atoms with Crippen molar-refractivity contribution in [3.05, 3.63) is 64.2 Å². The van der Waals surface area contributed by atoms with Gasteiger partial charge in [-0.3, -0.25) is 4.79 Å². The molecule has 2 nitrogen and oxygen atoms in total. The predicted octanol–water partition coefficient (Wildman–Crippen LogP) is 4.86. The van der Waals surface area contributed by atoms with Crippen molar-refractivity contribution in [2.24, 2.45) is 0 Å². The Morgan fingerprint density at radius 1 is 1.14 bits per heavy atom. The summed E-state index contributed by atoms with van der Waals surface area (Å²) in [6.07, 6.45) is 0.478. The Balaban J connectivity index is 2.07. The van der Waals surface area contributed by atoms with Crippen LogP contribution in [0.5, 0.6) is 5.75 Å². The van der Waals surface area contributed by atoms with E-state index >= 15 is 0 Å². The number of halogens is 1. The maximum absolute atomic E-state index is 12.3. The predicted molar refractivity (Wildman–Crippen MR) is 86.4 cm³/mol. The maximum Gasteiger partial charge on any atom is 0.167 e. The zero-order chi connectivity index (χ0) is 15.4. The number of carbonyl (C=O) groups excluding carboxylic acids is 1. The number of benzene rings is 2. The molecule has 0 aliphatic rings. The summed E-state index contributed by atoms with van der Waals surface area (Å²) >= 11 is 6.08. The van der Waals surface area contributed by atoms with Crippen LogP contribution in [-0.2, 0) is 6.42 Å². The van der Waals surface area contributed by atoms with Gasteiger partial charge in [0.05, 0.1) is 6.10 Å². The van der Waals surface area contributed by atoms with E-state index in [1.807, 2.05) is 51.1 Å². The molecule has 0 N–H and O–H groups in total. The fraction of sp³-hybridized carbons (Fsp3) is 0.278. The second kappa shape index (κ2) is 6.77. The molecule has 0 radical (unpaired) electrons. The van der Waals surface area contributed by atoms with Crippen molar-refractivity contribution in [1.29, 1.82) is 0 Å². The van der Waals surface area contributed by atoms with Crippen molar-refractivity contribution >= 4 is 17.4 Å². The Bertz CT molecular complexity index is 630. The van der Waals surface area contributed by atoms with Crippen LogP contribution in [0.2, 0.25) is 5.02 Å². The maximum atomic E-state index is 12.3. The Morgan fingerprint density at radius 2 is 1.81 bits per heavy atom. The third-order valence-corrected chi connectivity index (χ3v) is 3.56. The first kappa shape index (κ1) is 15.6. The molecular weight excluding hydrogens is 284 g/mol. The minimum Gasteiger partial charge on any atom is -0.491 e. The van der Waals surface area contributed by atoms with Crippen molar-refractivity contribution in [2.75, 3.05) is 0 Å². The average Bonchev–Trinajstić information content (AvgIpc) is 2.43. The third-order valence-electron chi connectivity index (χ3n) is 3.15. The summed E-state index contributed by atoms with van der Waals surface area (Å²) < 4.78 is 5.57. The number of hydrogen-bond acceptors (Lipinski definition) is 2. The molecule has 21 heavy (non-hydrogen) atoms. The van der Waals surface area contributed by atoms with Gasteiger partial charge in [0.25, 0.3) is 0 Å². The van der Waals surface area contributed by atoms with Crippen LogP contribution in [0.4, 0.5) is 0 Å². The van der Waals surface area contributed by atoms with Crippen LogP contribution in [-0.4, -0.2) is 11.9 Å². The van der Waals surface area contributed by atoms with Crippen LogP contribution >= 0.6 is 11.6 Å². The molecule has 0 heterocycles. The minimum atomic E-state index is 0.0750. The molecule has 0 unspecified atom stereocenters. The molecule has 0 amide bonds. The van der Waals surface area contributed by atoms with Gasteiger partial charge in [0.15, 0.2) is 5.78 Å². The van der Waals surface area contributed by atoms with E-state index in [-0.39, 0.29) is 11.9 Å². The standard InChI is InChI=1S/C18H19ClO2/c1-12(2)21-16-8-6-15(7-9-16)18(20)11-14-5-4-13(3)17(19)10-14/h4-10,12H,11H2,1-3H3. The molecule has 0 atom stereocenters. The SMILES string of the molecule is Cc1ccc(CC(=O)c2ccc(OC(C)C)cc2)cc1Cl. The average molecular weight is 303 g/mol. The molecule has 2 aromatic carbocycles.